The van der Waals surface area contributed by atoms with Gasteiger partial charge in [0.05, 0.1) is 49.3 Å². The molecule has 0 amide bonds. The van der Waals surface area contributed by atoms with E-state index in [1.165, 1.54) is 0 Å². The zero-order valence-corrected chi connectivity index (χ0v) is 38.8. The molecule has 20 atom stereocenters. The number of allylic oxidation sites excluding steroid dienone is 2. The molecule has 7 rings (SSSR count). The number of rotatable bonds is 9. The minimum atomic E-state index is -1.84. The molecule has 0 saturated carbocycles. The predicted molar refractivity (Wildman–Crippen MR) is 230 cm³/mol. The van der Waals surface area contributed by atoms with Crippen molar-refractivity contribution in [2.75, 3.05) is 20.8 Å². The molecule has 0 unspecified atom stereocenters. The summed E-state index contributed by atoms with van der Waals surface area (Å²) in [4.78, 5) is 19.5. The highest BCUT2D eigenvalue weighted by atomic mass is 16.7. The molecule has 15 nitrogen and oxygen atoms in total. The van der Waals surface area contributed by atoms with Crippen molar-refractivity contribution in [1.29, 1.82) is 0 Å². The molecule has 0 aromatic rings. The van der Waals surface area contributed by atoms with Gasteiger partial charge in [0.1, 0.15) is 42.0 Å². The largest absolute Gasteiger partial charge is 0.462 e. The minimum absolute atomic E-state index is 0.0325. The van der Waals surface area contributed by atoms with E-state index in [4.69, 9.17) is 58.1 Å². The quantitative estimate of drug-likeness (QED) is 0.154. The zero-order valence-electron chi connectivity index (χ0n) is 38.8. The molecule has 1 spiro atoms. The van der Waals surface area contributed by atoms with Crippen molar-refractivity contribution in [3.8, 4) is 0 Å². The summed E-state index contributed by atoms with van der Waals surface area (Å²) in [5.41, 5.74) is 0.139. The molecule has 63 heavy (non-hydrogen) atoms. The summed E-state index contributed by atoms with van der Waals surface area (Å²) < 4.78 is 64.1. The van der Waals surface area contributed by atoms with Gasteiger partial charge < -0.3 is 57.6 Å². The Kier molecular flexibility index (Phi) is 15.6. The van der Waals surface area contributed by atoms with Crippen LogP contribution in [-0.2, 0) is 57.0 Å². The Hall–Kier alpha value is -2.35. The van der Waals surface area contributed by atoms with Crippen LogP contribution in [0.1, 0.15) is 93.9 Å². The molecule has 354 valence electrons. The number of carbonyl (C=O) groups is 1. The number of ether oxygens (including phenoxy) is 10. The number of aliphatic hydroxyl groups excluding tert-OH is 1. The lowest BCUT2D eigenvalue weighted by Gasteiger charge is -2.48. The van der Waals surface area contributed by atoms with E-state index in [1.54, 1.807) is 33.3 Å². The lowest BCUT2D eigenvalue weighted by molar-refractivity contribution is -0.321. The first-order valence-electron chi connectivity index (χ1n) is 23.1. The fourth-order valence-corrected chi connectivity index (χ4v) is 10.7. The topological polar surface area (TPSA) is 185 Å². The summed E-state index contributed by atoms with van der Waals surface area (Å²) in [6, 6.07) is 0. The molecule has 0 radical (unpaired) electrons. The smallest absolute Gasteiger partial charge is 0.316 e. The summed E-state index contributed by atoms with van der Waals surface area (Å²) >= 11 is 0. The highest BCUT2D eigenvalue weighted by Gasteiger charge is 2.60. The van der Waals surface area contributed by atoms with Crippen LogP contribution in [0.3, 0.4) is 0 Å². The van der Waals surface area contributed by atoms with Crippen molar-refractivity contribution in [2.24, 2.45) is 29.6 Å². The normalized spacial score (nSPS) is 46.4. The molecule has 4 N–H and O–H groups in total. The predicted octanol–water partition coefficient (Wildman–Crippen LogP) is 5.28. The van der Waals surface area contributed by atoms with Crippen LogP contribution in [0.2, 0.25) is 0 Å². The second-order valence-electron chi connectivity index (χ2n) is 19.1. The van der Waals surface area contributed by atoms with Crippen LogP contribution in [0.5, 0.6) is 0 Å². The van der Waals surface area contributed by atoms with Crippen molar-refractivity contribution >= 4 is 5.97 Å². The Morgan fingerprint density at radius 1 is 0.905 bits per heavy atom. The molecule has 6 heterocycles. The maximum Gasteiger partial charge on any atom is 0.316 e. The minimum Gasteiger partial charge on any atom is -0.462 e. The van der Waals surface area contributed by atoms with E-state index in [9.17, 15) is 15.0 Å². The summed E-state index contributed by atoms with van der Waals surface area (Å²) in [5.74, 6) is 2.99. The van der Waals surface area contributed by atoms with E-state index in [0.29, 0.717) is 43.3 Å². The molecule has 7 aliphatic rings. The van der Waals surface area contributed by atoms with Crippen LogP contribution < -0.4 is 5.90 Å². The number of hydrogen-bond acceptors (Lipinski definition) is 15. The molecular weight excluding hydrogens is 815 g/mol. The Morgan fingerprint density at radius 2 is 1.59 bits per heavy atom. The van der Waals surface area contributed by atoms with Gasteiger partial charge >= 0.3 is 5.97 Å². The lowest BCUT2D eigenvalue weighted by Crippen LogP contribution is -2.58. The van der Waals surface area contributed by atoms with Crippen LogP contribution in [0.4, 0.5) is 0 Å². The van der Waals surface area contributed by atoms with Gasteiger partial charge in [-0.05, 0) is 62.8 Å². The second-order valence-corrected chi connectivity index (χ2v) is 19.1. The molecular formula is C48H73NO14. The van der Waals surface area contributed by atoms with Gasteiger partial charge in [0, 0.05) is 51.7 Å². The van der Waals surface area contributed by atoms with E-state index in [1.807, 2.05) is 39.0 Å². The molecule has 4 saturated heterocycles. The van der Waals surface area contributed by atoms with Crippen LogP contribution in [0.15, 0.2) is 59.3 Å². The van der Waals surface area contributed by atoms with Gasteiger partial charge in [0.15, 0.2) is 18.4 Å². The van der Waals surface area contributed by atoms with E-state index in [2.05, 4.69) is 39.8 Å². The molecule has 2 bridgehead atoms. The third-order valence-electron chi connectivity index (χ3n) is 14.6. The number of methoxy groups -OCH3 is 2. The molecule has 1 aliphatic carbocycles. The van der Waals surface area contributed by atoms with Crippen LogP contribution in [0.25, 0.3) is 0 Å². The van der Waals surface area contributed by atoms with Gasteiger partial charge in [-0.1, -0.05) is 70.6 Å². The number of aliphatic hydroxyl groups is 2. The summed E-state index contributed by atoms with van der Waals surface area (Å²) in [6.07, 6.45) is 9.24. The third-order valence-corrected chi connectivity index (χ3v) is 14.6. The van der Waals surface area contributed by atoms with Crippen molar-refractivity contribution < 1.29 is 67.2 Å². The highest BCUT2D eigenvalue weighted by Crippen LogP contribution is 2.47. The molecule has 15 heteroatoms. The first-order valence-corrected chi connectivity index (χ1v) is 23.1. The van der Waals surface area contributed by atoms with Gasteiger partial charge in [-0.2, -0.15) is 0 Å². The average molecular weight is 888 g/mol. The third kappa shape index (κ3) is 10.0. The zero-order chi connectivity index (χ0) is 45.4. The highest BCUT2D eigenvalue weighted by molar-refractivity contribution is 5.78. The summed E-state index contributed by atoms with van der Waals surface area (Å²) in [6.45, 7) is 16.2. The van der Waals surface area contributed by atoms with E-state index in [0.717, 1.165) is 12.0 Å². The monoisotopic (exact) mass is 888 g/mol. The number of nitrogens with two attached hydrogens (primary N) is 1. The molecule has 6 aliphatic heterocycles. The Labute approximate surface area is 373 Å². The van der Waals surface area contributed by atoms with Crippen molar-refractivity contribution in [2.45, 2.75) is 191 Å². The SMILES string of the molecule is CC[C@@H](C)[C@H]1O[C@]2(C=C[C@@H]1C)C[C@@H]1C[C@@H](CC=C(C)[C@@H](O[C@H]3C[C@H](OC)[C@@H](O[C@H]4C[C@H](OC)[C@@H](ON)[C@H](C)O4)[C@H](C)O3)[C@@H](C)C=CC=C3CO[C@@H]4[C@H](O)C(C)=C[C@@H](C(=O)O1)[C@]34O)O2. The van der Waals surface area contributed by atoms with Crippen LogP contribution in [0, 0.1) is 23.7 Å². The maximum atomic E-state index is 14.4. The summed E-state index contributed by atoms with van der Waals surface area (Å²) in [5, 5.41) is 23.7. The average Bonchev–Trinajstić information content (AvgIpc) is 3.60. The van der Waals surface area contributed by atoms with E-state index < -0.39 is 78.6 Å². The fraction of sp³-hybridized carbons (Fsp3) is 0.771. The molecule has 0 aromatic heterocycles. The van der Waals surface area contributed by atoms with Crippen LogP contribution in [-0.4, -0.2) is 134 Å². The Balaban J connectivity index is 1.18. The van der Waals surface area contributed by atoms with E-state index in [-0.39, 0.29) is 54.9 Å². The van der Waals surface area contributed by atoms with Crippen molar-refractivity contribution in [3.05, 3.63) is 59.3 Å². The number of hydrogen-bond donors (Lipinski definition) is 3. The maximum absolute atomic E-state index is 14.4. The lowest BCUT2D eigenvalue weighted by atomic mass is 9.71. The summed E-state index contributed by atoms with van der Waals surface area (Å²) in [7, 11) is 3.27. The fourth-order valence-electron chi connectivity index (χ4n) is 10.7. The van der Waals surface area contributed by atoms with E-state index >= 15 is 0 Å². The van der Waals surface area contributed by atoms with Gasteiger partial charge in [-0.25, -0.2) is 5.90 Å². The Morgan fingerprint density at radius 3 is 2.27 bits per heavy atom. The van der Waals surface area contributed by atoms with Gasteiger partial charge in [-0.15, -0.1) is 0 Å². The van der Waals surface area contributed by atoms with Gasteiger partial charge in [0.2, 0.25) is 0 Å². The van der Waals surface area contributed by atoms with Gasteiger partial charge in [0.25, 0.3) is 0 Å². The molecule has 0 aromatic carbocycles. The van der Waals surface area contributed by atoms with Crippen molar-refractivity contribution in [3.63, 3.8) is 0 Å². The standard InChI is InChI=1S/C48H73NO14/c1-11-25(2)42-28(5)17-18-47(62-42)23-34-20-33(61-47)16-15-27(4)41(26(3)13-12-14-32-24-55-45-40(50)29(6)19-35(46(51)58-34)48(32,45)52)59-38-21-36(53-9)43(30(7)56-38)60-39-22-37(54-10)44(63-49)31(8)57-39/h12-15,17-19,25-26,28,30-31,33-45,50,52H,11,16,20-24,49H2,1-10H3/t25-,26+,28+,30+,31+,33-,34+,35+,36+,37+,38+,39+,40-,41+,42-,43+,44+,45-,47-,48-/m1/s1. The van der Waals surface area contributed by atoms with Gasteiger partial charge in [-0.3, -0.25) is 9.63 Å². The number of esters is 1. The Bertz CT molecular complexity index is 1750. The first kappa shape index (κ1) is 48.6. The van der Waals surface area contributed by atoms with Crippen molar-refractivity contribution in [1.82, 2.24) is 0 Å². The number of fused-ring (bicyclic) bond motifs is 2. The second kappa shape index (κ2) is 20.3. The first-order chi connectivity index (χ1) is 30.0. The number of carbonyl (C=O) groups excluding carboxylic acids is 1. The molecule has 4 fully saturated rings. The van der Waals surface area contributed by atoms with Crippen LogP contribution >= 0.6 is 0 Å².